The lowest BCUT2D eigenvalue weighted by atomic mass is 10.00. The van der Waals surface area contributed by atoms with Crippen molar-refractivity contribution < 1.29 is 19.1 Å². The summed E-state index contributed by atoms with van der Waals surface area (Å²) in [5.41, 5.74) is 0.419. The molecule has 1 N–H and O–H groups in total. The van der Waals surface area contributed by atoms with E-state index < -0.39 is 11.7 Å². The molecule has 2 aromatic rings. The van der Waals surface area contributed by atoms with Crippen LogP contribution in [-0.2, 0) is 14.3 Å². The van der Waals surface area contributed by atoms with Crippen LogP contribution in [-0.4, -0.2) is 48.3 Å². The molecule has 0 bridgehead atoms. The molecule has 162 valence electrons. The average Bonchev–Trinajstić information content (AvgIpc) is 3.18. The Hall–Kier alpha value is -2.60. The Morgan fingerprint density at radius 3 is 2.63 bits per heavy atom. The van der Waals surface area contributed by atoms with Crippen LogP contribution in [0, 0.1) is 0 Å². The van der Waals surface area contributed by atoms with Crippen LogP contribution in [0.1, 0.15) is 52.1 Å². The summed E-state index contributed by atoms with van der Waals surface area (Å²) in [6, 6.07) is 14.0. The number of amides is 2. The van der Waals surface area contributed by atoms with E-state index in [1.165, 1.54) is 4.90 Å². The van der Waals surface area contributed by atoms with Gasteiger partial charge in [0, 0.05) is 6.61 Å². The Bertz CT molecular complexity index is 879. The molecule has 2 amide bonds. The number of hydrogen-bond acceptors (Lipinski definition) is 4. The standard InChI is InChI=1S/C24H32N2O4/c1-17(20-13-7-10-18-9-5-6-12-21(18)20)25-22(27)16-26(15-19-11-8-14-29-19)23(28)30-24(2,3)4/h5-7,9-10,12-13,17,19H,8,11,14-16H2,1-4H3,(H,25,27)/t17-,19+/m0/s1. The predicted octanol–water partition coefficient (Wildman–Crippen LogP) is 4.43. The molecule has 1 aliphatic rings. The van der Waals surface area contributed by atoms with Crippen molar-refractivity contribution in [3.05, 3.63) is 48.0 Å². The Morgan fingerprint density at radius 1 is 1.20 bits per heavy atom. The largest absolute Gasteiger partial charge is 0.444 e. The maximum absolute atomic E-state index is 12.8. The molecule has 6 nitrogen and oxygen atoms in total. The van der Waals surface area contributed by atoms with E-state index in [2.05, 4.69) is 23.5 Å². The van der Waals surface area contributed by atoms with Crippen molar-refractivity contribution in [2.24, 2.45) is 0 Å². The smallest absolute Gasteiger partial charge is 0.410 e. The average molecular weight is 413 g/mol. The quantitative estimate of drug-likeness (QED) is 0.762. The van der Waals surface area contributed by atoms with Crippen LogP contribution in [0.5, 0.6) is 0 Å². The van der Waals surface area contributed by atoms with Crippen LogP contribution in [0.3, 0.4) is 0 Å². The van der Waals surface area contributed by atoms with E-state index in [-0.39, 0.29) is 24.6 Å². The third kappa shape index (κ3) is 5.95. The molecule has 1 heterocycles. The number of nitrogens with zero attached hydrogens (tertiary/aromatic N) is 1. The number of benzene rings is 2. The lowest BCUT2D eigenvalue weighted by Crippen LogP contribution is -2.46. The van der Waals surface area contributed by atoms with Gasteiger partial charge >= 0.3 is 6.09 Å². The van der Waals surface area contributed by atoms with Gasteiger partial charge in [-0.2, -0.15) is 0 Å². The van der Waals surface area contributed by atoms with Gasteiger partial charge in [0.1, 0.15) is 12.1 Å². The van der Waals surface area contributed by atoms with Gasteiger partial charge in [0.05, 0.1) is 18.7 Å². The topological polar surface area (TPSA) is 67.9 Å². The predicted molar refractivity (Wildman–Crippen MR) is 117 cm³/mol. The van der Waals surface area contributed by atoms with E-state index in [4.69, 9.17) is 9.47 Å². The third-order valence-corrected chi connectivity index (χ3v) is 5.10. The highest BCUT2D eigenvalue weighted by atomic mass is 16.6. The molecule has 1 fully saturated rings. The van der Waals surface area contributed by atoms with Crippen LogP contribution in [0.25, 0.3) is 10.8 Å². The molecule has 0 spiro atoms. The number of hydrogen-bond donors (Lipinski definition) is 1. The maximum Gasteiger partial charge on any atom is 0.410 e. The summed E-state index contributed by atoms with van der Waals surface area (Å²) in [6.45, 7) is 8.39. The molecule has 3 rings (SSSR count). The molecule has 1 saturated heterocycles. The van der Waals surface area contributed by atoms with Crippen molar-refractivity contribution in [1.82, 2.24) is 10.2 Å². The molecular weight excluding hydrogens is 380 g/mol. The van der Waals surface area contributed by atoms with Crippen LogP contribution in [0.2, 0.25) is 0 Å². The summed E-state index contributed by atoms with van der Waals surface area (Å²) in [5, 5.41) is 5.27. The van der Waals surface area contributed by atoms with Gasteiger partial charge in [-0.05, 0) is 56.9 Å². The molecule has 0 saturated carbocycles. The zero-order valence-corrected chi connectivity index (χ0v) is 18.3. The Labute approximate surface area is 178 Å². The first-order valence-electron chi connectivity index (χ1n) is 10.6. The molecule has 6 heteroatoms. The third-order valence-electron chi connectivity index (χ3n) is 5.10. The highest BCUT2D eigenvalue weighted by molar-refractivity contribution is 5.87. The number of carbonyl (C=O) groups is 2. The monoisotopic (exact) mass is 412 g/mol. The SMILES string of the molecule is C[C@H](NC(=O)CN(C[C@H]1CCCO1)C(=O)OC(C)(C)C)c1cccc2ccccc12. The van der Waals surface area contributed by atoms with E-state index in [0.717, 1.165) is 29.2 Å². The minimum Gasteiger partial charge on any atom is -0.444 e. The Kier molecular flexibility index (Phi) is 6.98. The highest BCUT2D eigenvalue weighted by Gasteiger charge is 2.28. The number of carbonyl (C=O) groups excluding carboxylic acids is 2. The highest BCUT2D eigenvalue weighted by Crippen LogP contribution is 2.24. The first-order valence-corrected chi connectivity index (χ1v) is 10.6. The number of rotatable bonds is 6. The minimum atomic E-state index is -0.626. The van der Waals surface area contributed by atoms with Gasteiger partial charge in [0.25, 0.3) is 0 Å². The zero-order chi connectivity index (χ0) is 21.7. The molecule has 0 radical (unpaired) electrons. The lowest BCUT2D eigenvalue weighted by Gasteiger charge is -2.29. The van der Waals surface area contributed by atoms with Crippen molar-refractivity contribution in [1.29, 1.82) is 0 Å². The second-order valence-corrected chi connectivity index (χ2v) is 8.85. The summed E-state index contributed by atoms with van der Waals surface area (Å²) >= 11 is 0. The minimum absolute atomic E-state index is 0.0548. The van der Waals surface area contributed by atoms with Crippen molar-refractivity contribution in [3.8, 4) is 0 Å². The summed E-state index contributed by atoms with van der Waals surface area (Å²) in [4.78, 5) is 26.9. The van der Waals surface area contributed by atoms with Gasteiger partial charge in [-0.25, -0.2) is 4.79 Å². The second kappa shape index (κ2) is 9.47. The van der Waals surface area contributed by atoms with Crippen LogP contribution in [0.4, 0.5) is 4.79 Å². The summed E-state index contributed by atoms with van der Waals surface area (Å²) in [7, 11) is 0. The zero-order valence-electron chi connectivity index (χ0n) is 18.3. The molecule has 2 atom stereocenters. The lowest BCUT2D eigenvalue weighted by molar-refractivity contribution is -0.123. The van der Waals surface area contributed by atoms with Crippen molar-refractivity contribution in [2.75, 3.05) is 19.7 Å². The molecular formula is C24H32N2O4. The van der Waals surface area contributed by atoms with Crippen molar-refractivity contribution in [2.45, 2.75) is 58.3 Å². The molecule has 0 aromatic heterocycles. The maximum atomic E-state index is 12.8. The first kappa shape index (κ1) is 22.1. The van der Waals surface area contributed by atoms with Crippen molar-refractivity contribution in [3.63, 3.8) is 0 Å². The summed E-state index contributed by atoms with van der Waals surface area (Å²) < 4.78 is 11.2. The number of nitrogens with one attached hydrogen (secondary N) is 1. The van der Waals surface area contributed by atoms with Gasteiger partial charge in [0.2, 0.25) is 5.91 Å². The van der Waals surface area contributed by atoms with E-state index in [9.17, 15) is 9.59 Å². The molecule has 0 aliphatic carbocycles. The number of ether oxygens (including phenoxy) is 2. The van der Waals surface area contributed by atoms with Gasteiger partial charge < -0.3 is 14.8 Å². The van der Waals surface area contributed by atoms with Crippen LogP contribution >= 0.6 is 0 Å². The molecule has 0 unspecified atom stereocenters. The van der Waals surface area contributed by atoms with Gasteiger partial charge in [-0.15, -0.1) is 0 Å². The van der Waals surface area contributed by atoms with Crippen LogP contribution < -0.4 is 5.32 Å². The fraction of sp³-hybridized carbons (Fsp3) is 0.500. The second-order valence-electron chi connectivity index (χ2n) is 8.85. The van der Waals surface area contributed by atoms with E-state index in [0.29, 0.717) is 13.2 Å². The summed E-state index contributed by atoms with van der Waals surface area (Å²) in [5.74, 6) is -0.223. The van der Waals surface area contributed by atoms with Crippen molar-refractivity contribution >= 4 is 22.8 Å². The number of fused-ring (bicyclic) bond motifs is 1. The fourth-order valence-corrected chi connectivity index (χ4v) is 3.73. The normalized spacial score (nSPS) is 17.5. The first-order chi connectivity index (χ1) is 14.2. The van der Waals surface area contributed by atoms with Gasteiger partial charge in [-0.3, -0.25) is 9.69 Å². The Balaban J connectivity index is 1.68. The fourth-order valence-electron chi connectivity index (χ4n) is 3.73. The summed E-state index contributed by atoms with van der Waals surface area (Å²) in [6.07, 6.45) is 1.30. The molecule has 1 aliphatic heterocycles. The van der Waals surface area contributed by atoms with E-state index in [1.807, 2.05) is 52.0 Å². The molecule has 2 aromatic carbocycles. The van der Waals surface area contributed by atoms with E-state index in [1.54, 1.807) is 0 Å². The van der Waals surface area contributed by atoms with Gasteiger partial charge in [-0.1, -0.05) is 42.5 Å². The Morgan fingerprint density at radius 2 is 1.93 bits per heavy atom. The van der Waals surface area contributed by atoms with Gasteiger partial charge in [0.15, 0.2) is 0 Å². The molecule has 30 heavy (non-hydrogen) atoms. The van der Waals surface area contributed by atoms with Crippen LogP contribution in [0.15, 0.2) is 42.5 Å². The van der Waals surface area contributed by atoms with E-state index >= 15 is 0 Å².